The number of ether oxygens (including phenoxy) is 1. The molecular weight excluding hydrogens is 490 g/mol. The quantitative estimate of drug-likeness (QED) is 0.524. The lowest BCUT2D eigenvalue weighted by Crippen LogP contribution is -2.07. The van der Waals surface area contributed by atoms with Crippen LogP contribution in [0.3, 0.4) is 0 Å². The third-order valence-electron chi connectivity index (χ3n) is 3.08. The van der Waals surface area contributed by atoms with E-state index >= 15 is 0 Å². The predicted octanol–water partition coefficient (Wildman–Crippen LogP) is 5.94. The van der Waals surface area contributed by atoms with Crippen molar-refractivity contribution in [2.24, 2.45) is 0 Å². The van der Waals surface area contributed by atoms with Gasteiger partial charge in [0.15, 0.2) is 0 Å². The Hall–Kier alpha value is -1.11. The van der Waals surface area contributed by atoms with E-state index in [0.717, 1.165) is 30.2 Å². The highest BCUT2D eigenvalue weighted by atomic mass is 79.9. The zero-order chi connectivity index (χ0) is 17.0. The van der Waals surface area contributed by atoms with Crippen molar-refractivity contribution in [1.29, 1.82) is 0 Å². The van der Waals surface area contributed by atoms with E-state index < -0.39 is 0 Å². The lowest BCUT2D eigenvalue weighted by molar-refractivity contribution is -0.111. The molecule has 0 bridgehead atoms. The van der Waals surface area contributed by atoms with E-state index in [1.807, 2.05) is 37.3 Å². The highest BCUT2D eigenvalue weighted by Gasteiger charge is 2.07. The van der Waals surface area contributed by atoms with Gasteiger partial charge in [0.25, 0.3) is 0 Å². The van der Waals surface area contributed by atoms with E-state index in [0.29, 0.717) is 5.75 Å². The first-order valence-corrected chi connectivity index (χ1v) is 9.07. The summed E-state index contributed by atoms with van der Waals surface area (Å²) in [6.45, 7) is 1.97. The topological polar surface area (TPSA) is 38.3 Å². The molecule has 23 heavy (non-hydrogen) atoms. The summed E-state index contributed by atoms with van der Waals surface area (Å²) in [6.07, 6.45) is 3.20. The predicted molar refractivity (Wildman–Crippen MR) is 105 cm³/mol. The number of halogens is 3. The molecule has 0 fully saturated rings. The molecule has 2 rings (SSSR count). The smallest absolute Gasteiger partial charge is 0.248 e. The molecule has 0 aliphatic carbocycles. The number of anilines is 1. The Kier molecular flexibility index (Phi) is 6.44. The molecule has 0 saturated carbocycles. The SMILES string of the molecule is COc1c(Br)cc(Br)cc1/C=C/C(=O)Nc1ccc(Br)c(C)c1. The molecule has 0 atom stereocenters. The van der Waals surface area contributed by atoms with Crippen LogP contribution in [0, 0.1) is 6.92 Å². The number of nitrogens with one attached hydrogen (secondary N) is 1. The number of hydrogen-bond acceptors (Lipinski definition) is 2. The number of aryl methyl sites for hydroxylation is 1. The molecule has 0 heterocycles. The van der Waals surface area contributed by atoms with Gasteiger partial charge in [0, 0.05) is 26.3 Å². The summed E-state index contributed by atoms with van der Waals surface area (Å²) in [5.74, 6) is 0.474. The van der Waals surface area contributed by atoms with Crippen LogP contribution in [0.15, 0.2) is 49.8 Å². The maximum atomic E-state index is 12.1. The second-order valence-electron chi connectivity index (χ2n) is 4.80. The fourth-order valence-corrected chi connectivity index (χ4v) is 3.66. The van der Waals surface area contributed by atoms with Gasteiger partial charge in [-0.05, 0) is 64.8 Å². The van der Waals surface area contributed by atoms with Gasteiger partial charge < -0.3 is 10.1 Å². The molecule has 2 aromatic rings. The molecule has 0 aliphatic rings. The van der Waals surface area contributed by atoms with E-state index in [1.165, 1.54) is 6.08 Å². The molecule has 0 unspecified atom stereocenters. The fraction of sp³-hybridized carbons (Fsp3) is 0.118. The Bertz CT molecular complexity index is 773. The highest BCUT2D eigenvalue weighted by Crippen LogP contribution is 2.33. The third-order valence-corrected chi connectivity index (χ3v) is 5.02. The molecule has 3 nitrogen and oxygen atoms in total. The minimum atomic E-state index is -0.204. The molecule has 0 spiro atoms. The maximum Gasteiger partial charge on any atom is 0.248 e. The molecule has 1 amide bonds. The normalized spacial score (nSPS) is 10.8. The van der Waals surface area contributed by atoms with Crippen LogP contribution >= 0.6 is 47.8 Å². The number of methoxy groups -OCH3 is 1. The van der Waals surface area contributed by atoms with Crippen molar-refractivity contribution in [3.8, 4) is 5.75 Å². The zero-order valence-corrected chi connectivity index (χ0v) is 17.2. The van der Waals surface area contributed by atoms with Gasteiger partial charge in [-0.2, -0.15) is 0 Å². The average molecular weight is 504 g/mol. The third kappa shape index (κ3) is 4.93. The van der Waals surface area contributed by atoms with Gasteiger partial charge in [-0.3, -0.25) is 4.79 Å². The summed E-state index contributed by atoms with van der Waals surface area (Å²) in [5, 5.41) is 2.84. The molecule has 1 N–H and O–H groups in total. The van der Waals surface area contributed by atoms with Crippen LogP contribution in [0.2, 0.25) is 0 Å². The molecule has 6 heteroatoms. The number of rotatable bonds is 4. The van der Waals surface area contributed by atoms with Crippen LogP contribution in [-0.2, 0) is 4.79 Å². The first-order chi connectivity index (χ1) is 10.9. The monoisotopic (exact) mass is 501 g/mol. The highest BCUT2D eigenvalue weighted by molar-refractivity contribution is 9.11. The number of carbonyl (C=O) groups is 1. The standard InChI is InChI=1S/C17H14Br3NO2/c1-10-7-13(4-5-14(10)19)21-16(22)6-3-11-8-12(18)9-15(20)17(11)23-2/h3-9H,1-2H3,(H,21,22)/b6-3+. The van der Waals surface area contributed by atoms with Crippen molar-refractivity contribution in [1.82, 2.24) is 0 Å². The van der Waals surface area contributed by atoms with Gasteiger partial charge in [-0.1, -0.05) is 31.9 Å². The Balaban J connectivity index is 2.16. The van der Waals surface area contributed by atoms with Crippen molar-refractivity contribution >= 4 is 65.5 Å². The van der Waals surface area contributed by atoms with Crippen LogP contribution in [0.5, 0.6) is 5.75 Å². The van der Waals surface area contributed by atoms with Gasteiger partial charge in [0.05, 0.1) is 11.6 Å². The van der Waals surface area contributed by atoms with Gasteiger partial charge in [-0.15, -0.1) is 0 Å². The van der Waals surface area contributed by atoms with E-state index in [2.05, 4.69) is 53.1 Å². The largest absolute Gasteiger partial charge is 0.495 e. The van der Waals surface area contributed by atoms with Crippen molar-refractivity contribution < 1.29 is 9.53 Å². The Morgan fingerprint density at radius 2 is 1.87 bits per heavy atom. The van der Waals surface area contributed by atoms with Crippen LogP contribution in [-0.4, -0.2) is 13.0 Å². The van der Waals surface area contributed by atoms with E-state index in [-0.39, 0.29) is 5.91 Å². The first kappa shape index (κ1) is 18.2. The molecular formula is C17H14Br3NO2. The van der Waals surface area contributed by atoms with Crippen molar-refractivity contribution in [3.63, 3.8) is 0 Å². The van der Waals surface area contributed by atoms with Crippen molar-refractivity contribution in [2.45, 2.75) is 6.92 Å². The van der Waals surface area contributed by atoms with Crippen molar-refractivity contribution in [2.75, 3.05) is 12.4 Å². The Labute approximate surface area is 160 Å². The van der Waals surface area contributed by atoms with Crippen LogP contribution in [0.4, 0.5) is 5.69 Å². The lowest BCUT2D eigenvalue weighted by Gasteiger charge is -2.08. The molecule has 2 aromatic carbocycles. The Morgan fingerprint density at radius 3 is 2.52 bits per heavy atom. The first-order valence-electron chi connectivity index (χ1n) is 6.69. The minimum absolute atomic E-state index is 0.204. The van der Waals surface area contributed by atoms with E-state index in [4.69, 9.17) is 4.74 Å². The maximum absolute atomic E-state index is 12.1. The molecule has 0 aromatic heterocycles. The summed E-state index contributed by atoms with van der Waals surface area (Å²) in [5.41, 5.74) is 2.61. The van der Waals surface area contributed by atoms with Gasteiger partial charge >= 0.3 is 0 Å². The van der Waals surface area contributed by atoms with Crippen LogP contribution < -0.4 is 10.1 Å². The van der Waals surface area contributed by atoms with Crippen LogP contribution in [0.25, 0.3) is 6.08 Å². The number of amides is 1. The zero-order valence-electron chi connectivity index (χ0n) is 12.5. The molecule has 0 saturated heterocycles. The molecule has 0 aliphatic heterocycles. The molecule has 120 valence electrons. The second-order valence-corrected chi connectivity index (χ2v) is 7.42. The van der Waals surface area contributed by atoms with Gasteiger partial charge in [0.2, 0.25) is 5.91 Å². The average Bonchev–Trinajstić information content (AvgIpc) is 2.48. The number of carbonyl (C=O) groups excluding carboxylic acids is 1. The minimum Gasteiger partial charge on any atom is -0.495 e. The molecule has 0 radical (unpaired) electrons. The van der Waals surface area contributed by atoms with Crippen LogP contribution in [0.1, 0.15) is 11.1 Å². The number of hydrogen-bond donors (Lipinski definition) is 1. The number of benzene rings is 2. The summed E-state index contributed by atoms with van der Waals surface area (Å²) < 4.78 is 8.08. The summed E-state index contributed by atoms with van der Waals surface area (Å²) in [6, 6.07) is 9.44. The summed E-state index contributed by atoms with van der Waals surface area (Å²) in [4.78, 5) is 12.1. The fourth-order valence-electron chi connectivity index (χ4n) is 1.99. The van der Waals surface area contributed by atoms with Gasteiger partial charge in [0.1, 0.15) is 5.75 Å². The Morgan fingerprint density at radius 1 is 1.13 bits per heavy atom. The van der Waals surface area contributed by atoms with Crippen molar-refractivity contribution in [3.05, 3.63) is 61.0 Å². The van der Waals surface area contributed by atoms with E-state index in [9.17, 15) is 4.79 Å². The van der Waals surface area contributed by atoms with Gasteiger partial charge in [-0.25, -0.2) is 0 Å². The van der Waals surface area contributed by atoms with E-state index in [1.54, 1.807) is 13.2 Å². The summed E-state index contributed by atoms with van der Waals surface area (Å²) in [7, 11) is 1.59. The lowest BCUT2D eigenvalue weighted by atomic mass is 10.2. The summed E-state index contributed by atoms with van der Waals surface area (Å²) >= 11 is 10.3. The second kappa shape index (κ2) is 8.13.